The van der Waals surface area contributed by atoms with Crippen LogP contribution in [0.3, 0.4) is 0 Å². The molecule has 0 bridgehead atoms. The first kappa shape index (κ1) is 42.3. The Bertz CT molecular complexity index is 558. The lowest BCUT2D eigenvalue weighted by Gasteiger charge is -2.23. The summed E-state index contributed by atoms with van der Waals surface area (Å²) in [6, 6.07) is -0.703. The average molecular weight is 612 g/mol. The van der Waals surface area contributed by atoms with E-state index in [1.54, 1.807) is 0 Å². The Morgan fingerprint density at radius 1 is 0.465 bits per heavy atom. The SMILES string of the molecule is CCCCCCCCCCCCCCCCCCCCCCC(O)C(=O)NC(CO)C(O)CCCCCCCCCCC. The number of nitrogens with one attached hydrogen (secondary N) is 1. The van der Waals surface area contributed by atoms with E-state index in [0.29, 0.717) is 12.8 Å². The maximum Gasteiger partial charge on any atom is 0.249 e. The summed E-state index contributed by atoms with van der Waals surface area (Å²) in [6.45, 7) is 4.21. The summed E-state index contributed by atoms with van der Waals surface area (Å²) < 4.78 is 0. The molecule has 4 N–H and O–H groups in total. The van der Waals surface area contributed by atoms with E-state index in [1.807, 2.05) is 0 Å². The molecule has 43 heavy (non-hydrogen) atoms. The molecule has 0 heterocycles. The fourth-order valence-corrected chi connectivity index (χ4v) is 6.13. The maximum atomic E-state index is 12.4. The van der Waals surface area contributed by atoms with Crippen LogP contribution >= 0.6 is 0 Å². The molecule has 5 nitrogen and oxygen atoms in total. The van der Waals surface area contributed by atoms with Gasteiger partial charge in [0.15, 0.2) is 0 Å². The Hall–Kier alpha value is -0.650. The van der Waals surface area contributed by atoms with Crippen molar-refractivity contribution in [1.82, 2.24) is 5.32 Å². The van der Waals surface area contributed by atoms with Gasteiger partial charge in [0, 0.05) is 0 Å². The number of amides is 1. The topological polar surface area (TPSA) is 89.8 Å². The molecule has 0 fully saturated rings. The van der Waals surface area contributed by atoms with Crippen molar-refractivity contribution in [2.45, 2.75) is 231 Å². The van der Waals surface area contributed by atoms with Gasteiger partial charge in [-0.3, -0.25) is 4.79 Å². The summed E-state index contributed by atoms with van der Waals surface area (Å²) >= 11 is 0. The quantitative estimate of drug-likeness (QED) is 0.0537. The van der Waals surface area contributed by atoms with Gasteiger partial charge in [0.25, 0.3) is 0 Å². The van der Waals surface area contributed by atoms with Crippen LogP contribution in [0.25, 0.3) is 0 Å². The highest BCUT2D eigenvalue weighted by Gasteiger charge is 2.23. The van der Waals surface area contributed by atoms with Gasteiger partial charge in [-0.05, 0) is 12.8 Å². The molecule has 5 heteroatoms. The second-order valence-corrected chi connectivity index (χ2v) is 13.5. The Morgan fingerprint density at radius 2 is 0.744 bits per heavy atom. The Kier molecular flexibility index (Phi) is 33.7. The second-order valence-electron chi connectivity index (χ2n) is 13.5. The van der Waals surface area contributed by atoms with Gasteiger partial charge in [0.2, 0.25) is 5.91 Å². The number of hydrogen-bond acceptors (Lipinski definition) is 4. The molecule has 0 aromatic rings. The molecule has 0 aliphatic rings. The summed E-state index contributed by atoms with van der Waals surface area (Å²) in [4.78, 5) is 12.4. The fraction of sp³-hybridized carbons (Fsp3) is 0.974. The Labute approximate surface area is 268 Å². The van der Waals surface area contributed by atoms with Crippen LogP contribution in [0, 0.1) is 0 Å². The van der Waals surface area contributed by atoms with E-state index in [0.717, 1.165) is 32.1 Å². The second kappa shape index (κ2) is 34.2. The van der Waals surface area contributed by atoms with Crippen LogP contribution in [0.1, 0.15) is 213 Å². The molecule has 0 aliphatic heterocycles. The number of unbranched alkanes of at least 4 members (excludes halogenated alkanes) is 27. The van der Waals surface area contributed by atoms with E-state index < -0.39 is 24.2 Å². The molecule has 0 spiro atoms. The zero-order valence-electron chi connectivity index (χ0n) is 29.1. The highest BCUT2D eigenvalue weighted by molar-refractivity contribution is 5.80. The zero-order chi connectivity index (χ0) is 31.6. The van der Waals surface area contributed by atoms with E-state index >= 15 is 0 Å². The number of rotatable bonds is 35. The molecule has 0 aromatic carbocycles. The molecule has 0 aromatic heterocycles. The van der Waals surface area contributed by atoms with Gasteiger partial charge < -0.3 is 20.6 Å². The first-order valence-corrected chi connectivity index (χ1v) is 19.3. The summed E-state index contributed by atoms with van der Waals surface area (Å²) in [6.07, 6.45) is 36.7. The summed E-state index contributed by atoms with van der Waals surface area (Å²) in [5, 5.41) is 33.0. The third-order valence-corrected chi connectivity index (χ3v) is 9.23. The van der Waals surface area contributed by atoms with E-state index in [9.17, 15) is 20.1 Å². The molecule has 0 rings (SSSR count). The van der Waals surface area contributed by atoms with Crippen molar-refractivity contribution in [2.24, 2.45) is 0 Å². The molecule has 0 aliphatic carbocycles. The smallest absolute Gasteiger partial charge is 0.249 e. The van der Waals surface area contributed by atoms with Gasteiger partial charge in [-0.25, -0.2) is 0 Å². The normalized spacial score (nSPS) is 13.7. The molecule has 0 saturated heterocycles. The lowest BCUT2D eigenvalue weighted by molar-refractivity contribution is -0.131. The van der Waals surface area contributed by atoms with E-state index in [1.165, 1.54) is 154 Å². The molecular formula is C38H77NO4. The number of hydrogen-bond donors (Lipinski definition) is 4. The van der Waals surface area contributed by atoms with E-state index in [-0.39, 0.29) is 6.61 Å². The molecule has 1 amide bonds. The average Bonchev–Trinajstić information content (AvgIpc) is 3.01. The summed E-state index contributed by atoms with van der Waals surface area (Å²) in [5.74, 6) is -0.469. The van der Waals surface area contributed by atoms with Crippen molar-refractivity contribution in [2.75, 3.05) is 6.61 Å². The summed E-state index contributed by atoms with van der Waals surface area (Å²) in [5.41, 5.74) is 0. The van der Waals surface area contributed by atoms with Crippen molar-refractivity contribution in [1.29, 1.82) is 0 Å². The van der Waals surface area contributed by atoms with Crippen LogP contribution < -0.4 is 5.32 Å². The van der Waals surface area contributed by atoms with Crippen molar-refractivity contribution in [3.05, 3.63) is 0 Å². The third-order valence-electron chi connectivity index (χ3n) is 9.23. The molecule has 3 unspecified atom stereocenters. The van der Waals surface area contributed by atoms with Crippen LogP contribution in [0.4, 0.5) is 0 Å². The van der Waals surface area contributed by atoms with Crippen molar-refractivity contribution < 1.29 is 20.1 Å². The Balaban J connectivity index is 3.56. The Morgan fingerprint density at radius 3 is 1.05 bits per heavy atom. The molecule has 0 radical (unpaired) electrons. The number of aliphatic hydroxyl groups is 3. The molecule has 258 valence electrons. The number of aliphatic hydroxyl groups excluding tert-OH is 3. The van der Waals surface area contributed by atoms with Crippen molar-refractivity contribution >= 4 is 5.91 Å². The molecular weight excluding hydrogens is 534 g/mol. The van der Waals surface area contributed by atoms with Crippen LogP contribution in [-0.4, -0.2) is 46.1 Å². The maximum absolute atomic E-state index is 12.4. The highest BCUT2D eigenvalue weighted by Crippen LogP contribution is 2.16. The van der Waals surface area contributed by atoms with E-state index in [2.05, 4.69) is 19.2 Å². The predicted octanol–water partition coefficient (Wildman–Crippen LogP) is 10.3. The fourth-order valence-electron chi connectivity index (χ4n) is 6.13. The minimum Gasteiger partial charge on any atom is -0.394 e. The monoisotopic (exact) mass is 612 g/mol. The van der Waals surface area contributed by atoms with Gasteiger partial charge in [-0.2, -0.15) is 0 Å². The lowest BCUT2D eigenvalue weighted by Crippen LogP contribution is -2.49. The van der Waals surface area contributed by atoms with Gasteiger partial charge in [0.1, 0.15) is 6.10 Å². The zero-order valence-corrected chi connectivity index (χ0v) is 29.1. The number of carbonyl (C=O) groups is 1. The van der Waals surface area contributed by atoms with Crippen molar-refractivity contribution in [3.63, 3.8) is 0 Å². The van der Waals surface area contributed by atoms with Crippen LogP contribution in [-0.2, 0) is 4.79 Å². The van der Waals surface area contributed by atoms with Crippen LogP contribution in [0.5, 0.6) is 0 Å². The minimum atomic E-state index is -1.07. The predicted molar refractivity (Wildman–Crippen MR) is 186 cm³/mol. The van der Waals surface area contributed by atoms with Gasteiger partial charge in [-0.1, -0.05) is 200 Å². The number of carbonyl (C=O) groups excluding carboxylic acids is 1. The molecule has 0 saturated carbocycles. The first-order chi connectivity index (χ1) is 21.1. The lowest BCUT2D eigenvalue weighted by atomic mass is 10.0. The van der Waals surface area contributed by atoms with Crippen LogP contribution in [0.15, 0.2) is 0 Å². The minimum absolute atomic E-state index is 0.309. The molecule has 3 atom stereocenters. The summed E-state index contributed by atoms with van der Waals surface area (Å²) in [7, 11) is 0. The van der Waals surface area contributed by atoms with E-state index in [4.69, 9.17) is 0 Å². The van der Waals surface area contributed by atoms with Gasteiger partial charge >= 0.3 is 0 Å². The first-order valence-electron chi connectivity index (χ1n) is 19.3. The largest absolute Gasteiger partial charge is 0.394 e. The third kappa shape index (κ3) is 29.8. The van der Waals surface area contributed by atoms with Gasteiger partial charge in [-0.15, -0.1) is 0 Å². The van der Waals surface area contributed by atoms with Crippen LogP contribution in [0.2, 0.25) is 0 Å². The van der Waals surface area contributed by atoms with Crippen molar-refractivity contribution in [3.8, 4) is 0 Å². The standard InChI is InChI=1S/C38H77NO4/c1-3-5-7-9-11-13-14-15-16-17-18-19-20-21-22-23-25-27-29-31-33-37(42)38(43)39-35(34-40)36(41)32-30-28-26-24-12-10-8-6-4-2/h35-37,40-42H,3-34H2,1-2H3,(H,39,43). The highest BCUT2D eigenvalue weighted by atomic mass is 16.3. The van der Waals surface area contributed by atoms with Gasteiger partial charge in [0.05, 0.1) is 18.8 Å².